The number of nitro groups is 1. The summed E-state index contributed by atoms with van der Waals surface area (Å²) in [6.45, 7) is 4.00. The van der Waals surface area contributed by atoms with Crippen LogP contribution >= 0.6 is 0 Å². The lowest BCUT2D eigenvalue weighted by Crippen LogP contribution is -2.70. The molecule has 1 spiro atoms. The van der Waals surface area contributed by atoms with Gasteiger partial charge in [-0.2, -0.15) is 12.7 Å². The summed E-state index contributed by atoms with van der Waals surface area (Å²) in [4.78, 5) is 44.0. The van der Waals surface area contributed by atoms with E-state index in [9.17, 15) is 28.0 Å². The van der Waals surface area contributed by atoms with E-state index in [0.29, 0.717) is 80.3 Å². The van der Waals surface area contributed by atoms with Gasteiger partial charge in [-0.3, -0.25) is 19.6 Å². The molecule has 0 atom stereocenters. The van der Waals surface area contributed by atoms with Crippen molar-refractivity contribution >= 4 is 50.0 Å². The Labute approximate surface area is 436 Å². The number of rotatable bonds is 15. The van der Waals surface area contributed by atoms with Gasteiger partial charge in [0.15, 0.2) is 11.6 Å². The molecule has 8 aromatic rings. The minimum atomic E-state index is -4.27. The third kappa shape index (κ3) is 8.61. The van der Waals surface area contributed by atoms with Gasteiger partial charge >= 0.3 is 10.2 Å². The first-order valence-corrected chi connectivity index (χ1v) is 26.4. The molecule has 1 aliphatic carbocycles. The quantitative estimate of drug-likeness (QED) is 0.0432. The number of ketones is 1. The number of hydrogen-bond donors (Lipinski definition) is 2. The number of nitrogens with zero attached hydrogens (tertiary/aromatic N) is 8. The topological polar surface area (TPSA) is 180 Å². The Bertz CT molecular complexity index is 3530. The monoisotopic (exact) mass is 1050 g/mol. The minimum absolute atomic E-state index is 0.0297. The Balaban J connectivity index is 0.908. The molecule has 15 nitrogen and oxygen atoms in total. The van der Waals surface area contributed by atoms with Crippen molar-refractivity contribution in [2.75, 3.05) is 54.3 Å². The number of pyridine rings is 1. The van der Waals surface area contributed by atoms with Gasteiger partial charge < -0.3 is 19.5 Å². The molecule has 5 aromatic carbocycles. The zero-order valence-corrected chi connectivity index (χ0v) is 42.3. The van der Waals surface area contributed by atoms with E-state index in [0.717, 1.165) is 39.2 Å². The number of hydrogen-bond acceptors (Lipinski definition) is 11. The van der Waals surface area contributed by atoms with E-state index in [1.54, 1.807) is 37.8 Å². The van der Waals surface area contributed by atoms with Gasteiger partial charge in [-0.15, -0.1) is 0 Å². The van der Waals surface area contributed by atoms with E-state index in [-0.39, 0.29) is 34.5 Å². The van der Waals surface area contributed by atoms with Gasteiger partial charge in [-0.1, -0.05) is 97.9 Å². The normalized spacial score (nSPS) is 16.4. The lowest BCUT2D eigenvalue weighted by Gasteiger charge is -2.64. The van der Waals surface area contributed by atoms with E-state index in [4.69, 9.17) is 15.0 Å². The summed E-state index contributed by atoms with van der Waals surface area (Å²) in [6, 6.07) is 36.2. The molecule has 76 heavy (non-hydrogen) atoms. The second-order valence-electron chi connectivity index (χ2n) is 20.2. The SMILES string of the molecule is CCN(C)S(=O)(=O)Nc1ccc(F)c(C(=O)c2cn(C(c3ccccc3)(c3ccccc3)c3ccccc3)c3ncc(-c4cnc(N5CC6(C5)CC(O)(C5CCN(c7ccc([N+](=O)[O-])cc7F)CC5)C6)nc4)cc23)c1F. The summed E-state index contributed by atoms with van der Waals surface area (Å²) < 4.78 is 78.7. The van der Waals surface area contributed by atoms with Crippen LogP contribution in [0.5, 0.6) is 0 Å². The summed E-state index contributed by atoms with van der Waals surface area (Å²) in [5.41, 5.74) is -0.0550. The number of nitro benzene ring substituents is 1. The molecule has 0 bridgehead atoms. The summed E-state index contributed by atoms with van der Waals surface area (Å²) in [7, 11) is -2.97. The van der Waals surface area contributed by atoms with Crippen LogP contribution in [0.2, 0.25) is 0 Å². The van der Waals surface area contributed by atoms with Gasteiger partial charge in [-0.05, 0) is 72.6 Å². The van der Waals surface area contributed by atoms with Crippen LogP contribution in [0, 0.1) is 38.9 Å². The number of nitrogens with one attached hydrogen (secondary N) is 1. The van der Waals surface area contributed by atoms with E-state index >= 15 is 13.6 Å². The van der Waals surface area contributed by atoms with Crippen molar-refractivity contribution in [3.63, 3.8) is 0 Å². The highest BCUT2D eigenvalue weighted by atomic mass is 32.2. The minimum Gasteiger partial charge on any atom is -0.390 e. The standard InChI is InChI=1S/C57H52F3N9O6S/c1-3-65(2)76(74,75)64-48-21-20-46(58)50(51(48)60)52(70)45-32-68(57(40-13-7-4-8-14-40,41-15-9-5-10-16-41)42-17-11-6-12-18-42)53-44(45)27-37(29-61-53)38-30-62-54(63-31-38)67-35-55(36-67)33-56(71,34-55)39-23-25-66(26-24-39)49-22-19-43(69(72)73)28-47(49)59/h4-22,27-32,39,64,71H,3,23-26,33-36H2,1-2H3. The molecule has 3 aliphatic rings. The highest BCUT2D eigenvalue weighted by Crippen LogP contribution is 2.59. The Morgan fingerprint density at radius 3 is 1.93 bits per heavy atom. The number of carbonyl (C=O) groups excluding carboxylic acids is 1. The fraction of sp³-hybridized carbons (Fsp3) is 0.263. The van der Waals surface area contributed by atoms with E-state index in [2.05, 4.69) is 9.62 Å². The van der Waals surface area contributed by atoms with Gasteiger partial charge in [-0.25, -0.2) is 28.1 Å². The molecule has 11 rings (SSSR count). The fourth-order valence-electron chi connectivity index (χ4n) is 11.8. The summed E-state index contributed by atoms with van der Waals surface area (Å²) in [5, 5.41) is 23.1. The van der Waals surface area contributed by atoms with Crippen LogP contribution in [-0.2, 0) is 15.7 Å². The maximum atomic E-state index is 16.7. The average molecular weight is 1050 g/mol. The van der Waals surface area contributed by atoms with Crippen LogP contribution in [0.25, 0.3) is 22.2 Å². The fourth-order valence-corrected chi connectivity index (χ4v) is 12.8. The molecule has 388 valence electrons. The maximum Gasteiger partial charge on any atom is 0.301 e. The first-order chi connectivity index (χ1) is 36.5. The van der Waals surface area contributed by atoms with Crippen molar-refractivity contribution in [1.82, 2.24) is 23.8 Å². The van der Waals surface area contributed by atoms with Crippen LogP contribution in [0.4, 0.5) is 36.2 Å². The van der Waals surface area contributed by atoms with Crippen molar-refractivity contribution in [3.05, 3.63) is 208 Å². The van der Waals surface area contributed by atoms with Crippen molar-refractivity contribution in [3.8, 4) is 11.1 Å². The molecule has 0 unspecified atom stereocenters. The summed E-state index contributed by atoms with van der Waals surface area (Å²) >= 11 is 0. The first-order valence-electron chi connectivity index (χ1n) is 25.0. The van der Waals surface area contributed by atoms with Gasteiger partial charge in [0, 0.05) is 92.6 Å². The Morgan fingerprint density at radius 2 is 1.38 bits per heavy atom. The number of carbonyl (C=O) groups is 1. The Morgan fingerprint density at radius 1 is 0.803 bits per heavy atom. The van der Waals surface area contributed by atoms with Gasteiger partial charge in [0.25, 0.3) is 5.69 Å². The number of piperidine rings is 1. The predicted molar refractivity (Wildman–Crippen MR) is 283 cm³/mol. The molecule has 2 N–H and O–H groups in total. The first kappa shape index (κ1) is 50.2. The highest BCUT2D eigenvalue weighted by molar-refractivity contribution is 7.90. The summed E-state index contributed by atoms with van der Waals surface area (Å²) in [5.74, 6) is -3.74. The van der Waals surface area contributed by atoms with Crippen LogP contribution in [-0.4, -0.2) is 93.4 Å². The smallest absolute Gasteiger partial charge is 0.301 e. The van der Waals surface area contributed by atoms with E-state index < -0.39 is 60.8 Å². The van der Waals surface area contributed by atoms with Crippen molar-refractivity contribution in [1.29, 1.82) is 0 Å². The van der Waals surface area contributed by atoms with Crippen LogP contribution < -0.4 is 14.5 Å². The number of fused-ring (bicyclic) bond motifs is 1. The zero-order valence-electron chi connectivity index (χ0n) is 41.5. The number of aliphatic hydroxyl groups is 1. The van der Waals surface area contributed by atoms with E-state index in [1.807, 2.05) is 100 Å². The number of benzene rings is 5. The second-order valence-corrected chi connectivity index (χ2v) is 22.0. The average Bonchev–Trinajstić information content (AvgIpc) is 3.86. The number of non-ortho nitro benzene ring substituents is 1. The van der Waals surface area contributed by atoms with E-state index in [1.165, 1.54) is 19.2 Å². The third-order valence-corrected chi connectivity index (χ3v) is 17.2. The molecule has 0 amide bonds. The van der Waals surface area contributed by atoms with Crippen LogP contribution in [0.15, 0.2) is 152 Å². The third-order valence-electron chi connectivity index (χ3n) is 15.6. The molecule has 3 aromatic heterocycles. The highest BCUT2D eigenvalue weighted by Gasteiger charge is 2.62. The lowest BCUT2D eigenvalue weighted by atomic mass is 9.51. The van der Waals surface area contributed by atoms with Crippen LogP contribution in [0.1, 0.15) is 65.2 Å². The zero-order chi connectivity index (χ0) is 53.1. The number of anilines is 3. The van der Waals surface area contributed by atoms with Crippen LogP contribution in [0.3, 0.4) is 0 Å². The molecule has 1 saturated carbocycles. The van der Waals surface area contributed by atoms with Crippen molar-refractivity contribution in [2.45, 2.75) is 43.7 Å². The second kappa shape index (κ2) is 19.3. The maximum absolute atomic E-state index is 16.7. The molecular formula is C57H52F3N9O6S. The Kier molecular flexibility index (Phi) is 12.7. The largest absolute Gasteiger partial charge is 0.390 e. The number of aromatic nitrogens is 4. The number of halogens is 3. The summed E-state index contributed by atoms with van der Waals surface area (Å²) in [6.07, 6.45) is 9.05. The van der Waals surface area contributed by atoms with Crippen molar-refractivity contribution < 1.29 is 36.4 Å². The molecular weight excluding hydrogens is 996 g/mol. The molecule has 5 heterocycles. The molecule has 2 aliphatic heterocycles. The van der Waals surface area contributed by atoms with Crippen molar-refractivity contribution in [2.24, 2.45) is 11.3 Å². The lowest BCUT2D eigenvalue weighted by molar-refractivity contribution is -0.385. The van der Waals surface area contributed by atoms with Gasteiger partial charge in [0.05, 0.1) is 39.1 Å². The molecule has 2 saturated heterocycles. The van der Waals surface area contributed by atoms with Gasteiger partial charge in [0.2, 0.25) is 11.7 Å². The predicted octanol–water partition coefficient (Wildman–Crippen LogP) is 9.75. The Hall–Kier alpha value is -8.00. The van der Waals surface area contributed by atoms with Gasteiger partial charge in [0.1, 0.15) is 17.0 Å². The molecule has 19 heteroatoms. The molecule has 3 fully saturated rings. The molecule has 0 radical (unpaired) electrons.